The highest BCUT2D eigenvalue weighted by molar-refractivity contribution is 5.76. The minimum atomic E-state index is -0.0203. The monoisotopic (exact) mass is 280 g/mol. The van der Waals surface area contributed by atoms with E-state index in [0.29, 0.717) is 19.4 Å². The molecule has 2 saturated heterocycles. The number of hydrogen-bond acceptors (Lipinski definition) is 5. The summed E-state index contributed by atoms with van der Waals surface area (Å²) in [6.07, 6.45) is 0.798. The Labute approximate surface area is 119 Å². The first-order valence-electron chi connectivity index (χ1n) is 7.16. The summed E-state index contributed by atoms with van der Waals surface area (Å²) in [5.74, 6) is -0.0203. The Morgan fingerprint density at radius 2 is 2.30 bits per heavy atom. The van der Waals surface area contributed by atoms with Gasteiger partial charge in [0.15, 0.2) is 0 Å². The van der Waals surface area contributed by atoms with Crippen LogP contribution in [-0.4, -0.2) is 69.0 Å². The van der Waals surface area contributed by atoms with Crippen LogP contribution in [0.4, 0.5) is 0 Å². The smallest absolute Gasteiger partial charge is 0.221 e. The third kappa shape index (κ3) is 4.42. The van der Waals surface area contributed by atoms with Crippen molar-refractivity contribution >= 4 is 5.91 Å². The maximum Gasteiger partial charge on any atom is 0.221 e. The Kier molecular flexibility index (Phi) is 6.21. The molecule has 2 fully saturated rings. The van der Waals surface area contributed by atoms with Crippen LogP contribution < -0.4 is 16.0 Å². The van der Waals surface area contributed by atoms with Gasteiger partial charge >= 0.3 is 0 Å². The Morgan fingerprint density at radius 3 is 3.05 bits per heavy atom. The van der Waals surface area contributed by atoms with Gasteiger partial charge in [-0.25, -0.2) is 5.32 Å². The van der Waals surface area contributed by atoms with Crippen LogP contribution >= 0.6 is 0 Å². The molecule has 111 valence electrons. The second-order valence-corrected chi connectivity index (χ2v) is 4.99. The van der Waals surface area contributed by atoms with Crippen LogP contribution in [0, 0.1) is 11.3 Å². The van der Waals surface area contributed by atoms with Crippen LogP contribution in [0.3, 0.4) is 0 Å². The molecule has 0 aliphatic carbocycles. The number of nitriles is 1. The first-order valence-corrected chi connectivity index (χ1v) is 7.16. The fraction of sp³-hybridized carbons (Fsp3) is 0.846. The van der Waals surface area contributed by atoms with Gasteiger partial charge in [0.2, 0.25) is 5.91 Å². The van der Waals surface area contributed by atoms with Crippen LogP contribution in [0.5, 0.6) is 0 Å². The zero-order valence-electron chi connectivity index (χ0n) is 11.7. The summed E-state index contributed by atoms with van der Waals surface area (Å²) in [6.45, 7) is 5.21. The molecule has 0 saturated carbocycles. The average Bonchev–Trinajstić information content (AvgIpc) is 2.49. The molecule has 0 aromatic rings. The van der Waals surface area contributed by atoms with Crippen LogP contribution in [0.25, 0.3) is 0 Å². The molecule has 1 amide bonds. The fourth-order valence-corrected chi connectivity index (χ4v) is 2.60. The zero-order chi connectivity index (χ0) is 14.2. The molecule has 1 unspecified atom stereocenters. The van der Waals surface area contributed by atoms with E-state index in [9.17, 15) is 4.79 Å². The Morgan fingerprint density at radius 1 is 1.50 bits per heavy atom. The lowest BCUT2D eigenvalue weighted by Gasteiger charge is -2.41. The van der Waals surface area contributed by atoms with E-state index < -0.39 is 0 Å². The largest absolute Gasteiger partial charge is 0.379 e. The molecular formula is C13H22N5O2. The predicted octanol–water partition coefficient (Wildman–Crippen LogP) is -1.36. The number of piperazine rings is 1. The highest BCUT2D eigenvalue weighted by Gasteiger charge is 2.32. The number of nitrogens with zero attached hydrogens (tertiary/aromatic N) is 3. The molecule has 0 aromatic carbocycles. The number of nitrogens with one attached hydrogen (secondary N) is 2. The molecular weight excluding hydrogens is 258 g/mol. The molecule has 2 aliphatic rings. The minimum absolute atomic E-state index is 0.0203. The quantitative estimate of drug-likeness (QED) is 0.607. The van der Waals surface area contributed by atoms with Gasteiger partial charge in [-0.2, -0.15) is 5.26 Å². The first kappa shape index (κ1) is 15.2. The second-order valence-electron chi connectivity index (χ2n) is 4.99. The molecule has 2 N–H and O–H groups in total. The normalized spacial score (nSPS) is 27.8. The summed E-state index contributed by atoms with van der Waals surface area (Å²) in [4.78, 5) is 14.1. The molecule has 0 bridgehead atoms. The van der Waals surface area contributed by atoms with Gasteiger partial charge in [-0.15, -0.1) is 0 Å². The van der Waals surface area contributed by atoms with Crippen LogP contribution in [0.2, 0.25) is 0 Å². The van der Waals surface area contributed by atoms with E-state index >= 15 is 0 Å². The van der Waals surface area contributed by atoms with E-state index in [0.717, 1.165) is 39.4 Å². The van der Waals surface area contributed by atoms with E-state index in [1.54, 1.807) is 0 Å². The third-order valence-corrected chi connectivity index (χ3v) is 3.58. The van der Waals surface area contributed by atoms with Gasteiger partial charge in [0.1, 0.15) is 0 Å². The van der Waals surface area contributed by atoms with E-state index in [-0.39, 0.29) is 18.1 Å². The van der Waals surface area contributed by atoms with Gasteiger partial charge < -0.3 is 15.4 Å². The number of carbonyl (C=O) groups is 1. The summed E-state index contributed by atoms with van der Waals surface area (Å²) in [5.41, 5.74) is 0. The number of morpholine rings is 1. The molecule has 0 spiro atoms. The zero-order valence-corrected chi connectivity index (χ0v) is 11.7. The van der Waals surface area contributed by atoms with Crippen molar-refractivity contribution in [3.63, 3.8) is 0 Å². The van der Waals surface area contributed by atoms with Crippen molar-refractivity contribution in [1.82, 2.24) is 20.9 Å². The lowest BCUT2D eigenvalue weighted by atomic mass is 10.1. The molecule has 7 heteroatoms. The molecule has 2 rings (SSSR count). The van der Waals surface area contributed by atoms with Gasteiger partial charge in [-0.1, -0.05) is 0 Å². The molecule has 20 heavy (non-hydrogen) atoms. The number of carbonyl (C=O) groups excluding carboxylic acids is 1. The van der Waals surface area contributed by atoms with Crippen molar-refractivity contribution < 1.29 is 9.53 Å². The van der Waals surface area contributed by atoms with E-state index in [1.807, 2.05) is 6.07 Å². The van der Waals surface area contributed by atoms with Gasteiger partial charge in [0.25, 0.3) is 0 Å². The van der Waals surface area contributed by atoms with Gasteiger partial charge in [-0.3, -0.25) is 9.69 Å². The van der Waals surface area contributed by atoms with Crippen molar-refractivity contribution in [3.05, 3.63) is 0 Å². The first-order chi connectivity index (χ1) is 9.81. The number of rotatable bonds is 5. The van der Waals surface area contributed by atoms with E-state index in [4.69, 9.17) is 10.00 Å². The van der Waals surface area contributed by atoms with Crippen molar-refractivity contribution in [2.75, 3.05) is 45.9 Å². The van der Waals surface area contributed by atoms with Gasteiger partial charge in [0.05, 0.1) is 31.9 Å². The summed E-state index contributed by atoms with van der Waals surface area (Å²) in [7, 11) is 0. The molecule has 1 radical (unpaired) electrons. The molecule has 2 aliphatic heterocycles. The summed E-state index contributed by atoms with van der Waals surface area (Å²) in [6, 6.07) is 2.06. The highest BCUT2D eigenvalue weighted by atomic mass is 16.5. The Balaban J connectivity index is 1.83. The molecule has 2 atom stereocenters. The highest BCUT2D eigenvalue weighted by Crippen LogP contribution is 2.12. The summed E-state index contributed by atoms with van der Waals surface area (Å²) < 4.78 is 5.36. The maximum atomic E-state index is 11.9. The standard InChI is InChI=1S/C13H22N5O2/c14-2-1-3-16-12(19)10-11-13(17-5-4-15-11)18-6-8-20-9-7-18/h11,13,15H,1,3-10H2,(H,16,19)/t11?,13-/m0/s1. The molecule has 7 nitrogen and oxygen atoms in total. The van der Waals surface area contributed by atoms with Gasteiger partial charge in [-0.05, 0) is 0 Å². The molecule has 2 heterocycles. The van der Waals surface area contributed by atoms with Crippen molar-refractivity contribution in [2.45, 2.75) is 25.0 Å². The third-order valence-electron chi connectivity index (χ3n) is 3.58. The Hall–Kier alpha value is -1.20. The lowest BCUT2D eigenvalue weighted by Crippen LogP contribution is -2.62. The van der Waals surface area contributed by atoms with Gasteiger partial charge in [0, 0.05) is 45.2 Å². The minimum Gasteiger partial charge on any atom is -0.379 e. The SMILES string of the molecule is N#CCCNC(=O)CC1NCC[N][C@H]1N1CCOCC1. The summed E-state index contributed by atoms with van der Waals surface area (Å²) in [5, 5.41) is 19.3. The predicted molar refractivity (Wildman–Crippen MR) is 72.8 cm³/mol. The van der Waals surface area contributed by atoms with Crippen LogP contribution in [0.1, 0.15) is 12.8 Å². The summed E-state index contributed by atoms with van der Waals surface area (Å²) >= 11 is 0. The van der Waals surface area contributed by atoms with E-state index in [1.165, 1.54) is 0 Å². The fourth-order valence-electron chi connectivity index (χ4n) is 2.60. The van der Waals surface area contributed by atoms with Crippen LogP contribution in [0.15, 0.2) is 0 Å². The maximum absolute atomic E-state index is 11.9. The van der Waals surface area contributed by atoms with Crippen molar-refractivity contribution in [1.29, 1.82) is 5.26 Å². The lowest BCUT2D eigenvalue weighted by molar-refractivity contribution is -0.122. The van der Waals surface area contributed by atoms with Crippen LogP contribution in [-0.2, 0) is 9.53 Å². The molecule has 0 aromatic heterocycles. The average molecular weight is 280 g/mol. The van der Waals surface area contributed by atoms with E-state index in [2.05, 4.69) is 20.9 Å². The number of hydrogen-bond donors (Lipinski definition) is 2. The van der Waals surface area contributed by atoms with Crippen molar-refractivity contribution in [3.8, 4) is 6.07 Å². The van der Waals surface area contributed by atoms with Crippen molar-refractivity contribution in [2.24, 2.45) is 0 Å². The number of ether oxygens (including phenoxy) is 1. The Bertz CT molecular complexity index is 351. The topological polar surface area (TPSA) is 91.5 Å². The second kappa shape index (κ2) is 8.17. The number of amides is 1.